The summed E-state index contributed by atoms with van der Waals surface area (Å²) in [6, 6.07) is 1.74. The standard InChI is InChI=1S/C22H27F5N4O2/c1-12-13(2)28-18-8-17(14-4-6-16(7-5-14)22(25,26)27)29-31(18)19(12)15-9-21(23,24)11-30(10-15)20(32)33-3/h8,14-16H,4-7,9-11H2,1-3H3. The van der Waals surface area contributed by atoms with Crippen LogP contribution in [0.15, 0.2) is 6.07 Å². The molecule has 33 heavy (non-hydrogen) atoms. The van der Waals surface area contributed by atoms with Crippen molar-refractivity contribution in [3.05, 3.63) is 28.7 Å². The molecule has 4 rings (SSSR count). The molecule has 1 saturated heterocycles. The Bertz CT molecular complexity index is 1040. The molecule has 1 saturated carbocycles. The molecule has 1 atom stereocenters. The van der Waals surface area contributed by atoms with Gasteiger partial charge in [0.1, 0.15) is 0 Å². The number of aromatic nitrogens is 3. The van der Waals surface area contributed by atoms with E-state index in [1.807, 2.05) is 0 Å². The van der Waals surface area contributed by atoms with Crippen LogP contribution in [0.1, 0.15) is 66.6 Å². The van der Waals surface area contributed by atoms with E-state index in [1.54, 1.807) is 19.9 Å². The Labute approximate surface area is 188 Å². The smallest absolute Gasteiger partial charge is 0.409 e. The molecular formula is C22H27F5N4O2. The van der Waals surface area contributed by atoms with Crippen LogP contribution in [0.3, 0.4) is 0 Å². The fourth-order valence-electron chi connectivity index (χ4n) is 5.19. The topological polar surface area (TPSA) is 59.7 Å². The van der Waals surface area contributed by atoms with Gasteiger partial charge in [-0.15, -0.1) is 0 Å². The van der Waals surface area contributed by atoms with Crippen LogP contribution in [0.25, 0.3) is 5.65 Å². The molecule has 2 aromatic rings. The summed E-state index contributed by atoms with van der Waals surface area (Å²) in [5.41, 5.74) is 3.00. The Balaban J connectivity index is 1.68. The average molecular weight is 474 g/mol. The minimum atomic E-state index is -4.19. The van der Waals surface area contributed by atoms with E-state index in [0.29, 0.717) is 41.1 Å². The number of hydrogen-bond donors (Lipinski definition) is 0. The SMILES string of the molecule is COC(=O)N1CC(c2c(C)c(C)nc3cc(C4CCC(C(F)(F)F)CC4)nn23)CC(F)(F)C1. The Morgan fingerprint density at radius 2 is 1.82 bits per heavy atom. The molecule has 0 N–H and O–H groups in total. The molecule has 1 amide bonds. The number of likely N-dealkylation sites (tertiary alicyclic amines) is 1. The van der Waals surface area contributed by atoms with Crippen LogP contribution in [-0.2, 0) is 4.74 Å². The molecule has 182 valence electrons. The third kappa shape index (κ3) is 4.63. The van der Waals surface area contributed by atoms with E-state index >= 15 is 0 Å². The molecule has 3 heterocycles. The minimum Gasteiger partial charge on any atom is -0.453 e. The van der Waals surface area contributed by atoms with Crippen LogP contribution >= 0.6 is 0 Å². The van der Waals surface area contributed by atoms with Gasteiger partial charge in [0.2, 0.25) is 0 Å². The summed E-state index contributed by atoms with van der Waals surface area (Å²) in [5, 5.41) is 4.63. The zero-order chi connectivity index (χ0) is 24.1. The normalized spacial score (nSPS) is 25.9. The number of nitrogens with zero attached hydrogens (tertiary/aromatic N) is 4. The number of carbonyl (C=O) groups excluding carboxylic acids is 1. The number of alkyl halides is 5. The van der Waals surface area contributed by atoms with Crippen LogP contribution < -0.4 is 0 Å². The van der Waals surface area contributed by atoms with Gasteiger partial charge >= 0.3 is 12.3 Å². The van der Waals surface area contributed by atoms with E-state index in [4.69, 9.17) is 0 Å². The lowest BCUT2D eigenvalue weighted by Gasteiger charge is -2.37. The summed E-state index contributed by atoms with van der Waals surface area (Å²) in [6.07, 6.45) is -4.65. The van der Waals surface area contributed by atoms with Crippen molar-refractivity contribution < 1.29 is 31.5 Å². The maximum absolute atomic E-state index is 14.6. The van der Waals surface area contributed by atoms with Crippen molar-refractivity contribution in [3.8, 4) is 0 Å². The van der Waals surface area contributed by atoms with Gasteiger partial charge in [-0.2, -0.15) is 18.3 Å². The Kier molecular flexibility index (Phi) is 6.03. The number of methoxy groups -OCH3 is 1. The third-order valence-corrected chi connectivity index (χ3v) is 6.98. The van der Waals surface area contributed by atoms with E-state index < -0.39 is 43.0 Å². The summed E-state index contributed by atoms with van der Waals surface area (Å²) in [4.78, 5) is 17.5. The van der Waals surface area contributed by atoms with Crippen LogP contribution in [0.2, 0.25) is 0 Å². The predicted octanol–water partition coefficient (Wildman–Crippen LogP) is 5.37. The fraction of sp³-hybridized carbons (Fsp3) is 0.682. The van der Waals surface area contributed by atoms with Gasteiger partial charge in [0.05, 0.1) is 31.0 Å². The van der Waals surface area contributed by atoms with Gasteiger partial charge in [0.15, 0.2) is 5.65 Å². The van der Waals surface area contributed by atoms with Gasteiger partial charge in [-0.1, -0.05) is 0 Å². The molecular weight excluding hydrogens is 447 g/mol. The molecule has 6 nitrogen and oxygen atoms in total. The van der Waals surface area contributed by atoms with Crippen molar-refractivity contribution >= 4 is 11.7 Å². The summed E-state index contributed by atoms with van der Waals surface area (Å²) in [5.74, 6) is -5.24. The second-order valence-electron chi connectivity index (χ2n) is 9.24. The van der Waals surface area contributed by atoms with E-state index in [-0.39, 0.29) is 25.3 Å². The first kappa shape index (κ1) is 23.7. The van der Waals surface area contributed by atoms with E-state index in [2.05, 4.69) is 14.8 Å². The van der Waals surface area contributed by atoms with Crippen LogP contribution in [0.5, 0.6) is 0 Å². The lowest BCUT2D eigenvalue weighted by atomic mass is 9.80. The highest BCUT2D eigenvalue weighted by Gasteiger charge is 2.45. The molecule has 1 aliphatic carbocycles. The molecule has 2 aromatic heterocycles. The van der Waals surface area contributed by atoms with Gasteiger partial charge in [-0.3, -0.25) is 0 Å². The van der Waals surface area contributed by atoms with Crippen molar-refractivity contribution in [3.63, 3.8) is 0 Å². The first-order chi connectivity index (χ1) is 15.4. The van der Waals surface area contributed by atoms with E-state index in [1.165, 1.54) is 4.52 Å². The summed E-state index contributed by atoms with van der Waals surface area (Å²) >= 11 is 0. The lowest BCUT2D eigenvalue weighted by Crippen LogP contribution is -2.49. The molecule has 0 aromatic carbocycles. The highest BCUT2D eigenvalue weighted by molar-refractivity contribution is 5.68. The number of rotatable bonds is 2. The van der Waals surface area contributed by atoms with Gasteiger partial charge in [0.25, 0.3) is 5.92 Å². The van der Waals surface area contributed by atoms with Crippen LogP contribution in [-0.4, -0.2) is 57.9 Å². The van der Waals surface area contributed by atoms with Gasteiger partial charge < -0.3 is 9.64 Å². The second-order valence-corrected chi connectivity index (χ2v) is 9.24. The Hall–Kier alpha value is -2.46. The maximum Gasteiger partial charge on any atom is 0.409 e. The molecule has 1 unspecified atom stereocenters. The largest absolute Gasteiger partial charge is 0.453 e. The molecule has 0 radical (unpaired) electrons. The zero-order valence-electron chi connectivity index (χ0n) is 18.8. The number of hydrogen-bond acceptors (Lipinski definition) is 4. The molecule has 1 aliphatic heterocycles. The highest BCUT2D eigenvalue weighted by Crippen LogP contribution is 2.43. The lowest BCUT2D eigenvalue weighted by molar-refractivity contribution is -0.182. The minimum absolute atomic E-state index is 0.0450. The van der Waals surface area contributed by atoms with Gasteiger partial charge in [0, 0.05) is 36.6 Å². The van der Waals surface area contributed by atoms with Crippen molar-refractivity contribution in [2.75, 3.05) is 20.2 Å². The Morgan fingerprint density at radius 1 is 1.15 bits per heavy atom. The highest BCUT2D eigenvalue weighted by atomic mass is 19.4. The van der Waals surface area contributed by atoms with Crippen LogP contribution in [0, 0.1) is 19.8 Å². The van der Waals surface area contributed by atoms with Crippen molar-refractivity contribution in [1.29, 1.82) is 0 Å². The molecule has 0 bridgehead atoms. The molecule has 2 aliphatic rings. The van der Waals surface area contributed by atoms with E-state index in [9.17, 15) is 26.7 Å². The molecule has 0 spiro atoms. The first-order valence-electron chi connectivity index (χ1n) is 11.0. The number of amides is 1. The van der Waals surface area contributed by atoms with Crippen molar-refractivity contribution in [1.82, 2.24) is 19.5 Å². The molecule has 2 fully saturated rings. The van der Waals surface area contributed by atoms with E-state index in [0.717, 1.165) is 12.0 Å². The average Bonchev–Trinajstić information content (AvgIpc) is 3.15. The van der Waals surface area contributed by atoms with Crippen LogP contribution in [0.4, 0.5) is 26.7 Å². The Morgan fingerprint density at radius 3 is 2.42 bits per heavy atom. The van der Waals surface area contributed by atoms with Gasteiger partial charge in [-0.05, 0) is 45.1 Å². The number of fused-ring (bicyclic) bond motifs is 1. The maximum atomic E-state index is 14.6. The number of piperidine rings is 1. The quantitative estimate of drug-likeness (QED) is 0.549. The zero-order valence-corrected chi connectivity index (χ0v) is 18.8. The van der Waals surface area contributed by atoms with Gasteiger partial charge in [-0.25, -0.2) is 23.1 Å². The third-order valence-electron chi connectivity index (χ3n) is 6.98. The number of ether oxygens (including phenoxy) is 1. The predicted molar refractivity (Wildman–Crippen MR) is 109 cm³/mol. The second kappa shape index (κ2) is 8.39. The van der Waals surface area contributed by atoms with Crippen molar-refractivity contribution in [2.45, 2.75) is 69.9 Å². The summed E-state index contributed by atoms with van der Waals surface area (Å²) in [7, 11) is 1.15. The number of carbonyl (C=O) groups is 1. The number of aryl methyl sites for hydroxylation is 1. The molecule has 11 heteroatoms. The summed E-state index contributed by atoms with van der Waals surface area (Å²) in [6.45, 7) is 2.89. The summed E-state index contributed by atoms with van der Waals surface area (Å²) < 4.78 is 74.4. The fourth-order valence-corrected chi connectivity index (χ4v) is 5.19. The first-order valence-corrected chi connectivity index (χ1v) is 11.0. The monoisotopic (exact) mass is 474 g/mol. The van der Waals surface area contributed by atoms with Crippen molar-refractivity contribution in [2.24, 2.45) is 5.92 Å². The number of halogens is 5.